The van der Waals surface area contributed by atoms with Crippen molar-refractivity contribution in [1.29, 1.82) is 0 Å². The Morgan fingerprint density at radius 2 is 2.20 bits per heavy atom. The summed E-state index contributed by atoms with van der Waals surface area (Å²) in [4.78, 5) is 1.33. The third-order valence-electron chi connectivity index (χ3n) is 1.23. The Hall–Kier alpha value is 0.380. The summed E-state index contributed by atoms with van der Waals surface area (Å²) in [5.74, 6) is 1.13. The number of halogens is 1. The molecule has 0 amide bonds. The quantitative estimate of drug-likeness (QED) is 0.613. The van der Waals surface area contributed by atoms with Gasteiger partial charge in [-0.25, -0.2) is 0 Å². The van der Waals surface area contributed by atoms with Crippen molar-refractivity contribution in [2.24, 2.45) is 0 Å². The minimum absolute atomic E-state index is 1.13. The molecule has 0 aromatic heterocycles. The maximum Gasteiger partial charge on any atom is 0.0138 e. The number of hydrogen-bond donors (Lipinski definition) is 0. The molecule has 0 nitrogen and oxygen atoms in total. The van der Waals surface area contributed by atoms with Crippen LogP contribution in [0.3, 0.4) is 0 Å². The van der Waals surface area contributed by atoms with E-state index in [1.807, 2.05) is 11.8 Å². The van der Waals surface area contributed by atoms with E-state index in [0.717, 1.165) is 12.2 Å². The van der Waals surface area contributed by atoms with Crippen LogP contribution in [-0.2, 0) is 0 Å². The Bertz CT molecular complexity index is 99.4. The molecule has 0 N–H and O–H groups in total. The Labute approximate surface area is 73.0 Å². The molecule has 0 unspecified atom stereocenters. The van der Waals surface area contributed by atoms with Gasteiger partial charge in [-0.3, -0.25) is 0 Å². The average molecular weight is 179 g/mol. The van der Waals surface area contributed by atoms with Gasteiger partial charge in [-0.2, -0.15) is 0 Å². The van der Waals surface area contributed by atoms with Crippen molar-refractivity contribution in [3.8, 4) is 0 Å². The van der Waals surface area contributed by atoms with Crippen molar-refractivity contribution in [1.82, 2.24) is 0 Å². The molecule has 0 radical (unpaired) electrons. The van der Waals surface area contributed by atoms with E-state index in [0.29, 0.717) is 0 Å². The van der Waals surface area contributed by atoms with Crippen molar-refractivity contribution in [2.75, 3.05) is 5.75 Å². The monoisotopic (exact) mass is 178 g/mol. The lowest BCUT2D eigenvalue weighted by atomic mass is 10.2. The van der Waals surface area contributed by atoms with Crippen LogP contribution in [0.25, 0.3) is 0 Å². The van der Waals surface area contributed by atoms with Crippen LogP contribution >= 0.6 is 23.4 Å². The second kappa shape index (κ2) is 7.49. The van der Waals surface area contributed by atoms with Crippen LogP contribution in [0.4, 0.5) is 0 Å². The molecule has 0 aliphatic carbocycles. The van der Waals surface area contributed by atoms with Crippen LogP contribution in [0, 0.1) is 0 Å². The van der Waals surface area contributed by atoms with Gasteiger partial charge in [0.15, 0.2) is 0 Å². The molecule has 0 spiro atoms. The smallest absolute Gasteiger partial charge is 0.0138 e. The Kier molecular flexibility index (Phi) is 7.77. The van der Waals surface area contributed by atoms with Crippen LogP contribution in [0.2, 0.25) is 0 Å². The summed E-state index contributed by atoms with van der Waals surface area (Å²) in [7, 11) is 0. The number of unbranched alkanes of at least 4 members (excludes halogenated alkanes) is 1. The minimum Gasteiger partial charge on any atom is -0.130 e. The molecule has 0 aliphatic heterocycles. The molecule has 0 saturated heterocycles. The molecule has 0 aromatic carbocycles. The van der Waals surface area contributed by atoms with Gasteiger partial charge in [-0.15, -0.1) is 11.8 Å². The van der Waals surface area contributed by atoms with Crippen LogP contribution in [-0.4, -0.2) is 5.75 Å². The van der Waals surface area contributed by atoms with Crippen molar-refractivity contribution in [2.45, 2.75) is 33.1 Å². The maximum atomic E-state index is 5.60. The zero-order valence-electron chi connectivity index (χ0n) is 6.69. The standard InChI is InChI=1S/C8H15ClS/c1-3-5-6-8(7-9)10-4-2/h7H,3-6H2,1-2H3. The van der Waals surface area contributed by atoms with Crippen LogP contribution in [0.5, 0.6) is 0 Å². The molecule has 0 saturated carbocycles. The highest BCUT2D eigenvalue weighted by atomic mass is 35.5. The topological polar surface area (TPSA) is 0 Å². The molecule has 0 aliphatic rings. The predicted octanol–water partition coefficient (Wildman–Crippen LogP) is 4.01. The van der Waals surface area contributed by atoms with E-state index in [9.17, 15) is 0 Å². The predicted molar refractivity (Wildman–Crippen MR) is 51.6 cm³/mol. The fourth-order valence-electron chi connectivity index (χ4n) is 0.695. The van der Waals surface area contributed by atoms with Gasteiger partial charge in [0.05, 0.1) is 0 Å². The van der Waals surface area contributed by atoms with Gasteiger partial charge in [-0.1, -0.05) is 31.9 Å². The molecule has 0 aromatic rings. The van der Waals surface area contributed by atoms with Crippen molar-refractivity contribution in [3.63, 3.8) is 0 Å². The summed E-state index contributed by atoms with van der Waals surface area (Å²) in [6, 6.07) is 0. The molecule has 0 bridgehead atoms. The fourth-order valence-corrected chi connectivity index (χ4v) is 1.72. The van der Waals surface area contributed by atoms with E-state index >= 15 is 0 Å². The second-order valence-electron chi connectivity index (χ2n) is 2.11. The first kappa shape index (κ1) is 10.4. The van der Waals surface area contributed by atoms with Gasteiger partial charge in [0, 0.05) is 5.54 Å². The highest BCUT2D eigenvalue weighted by molar-refractivity contribution is 8.03. The number of rotatable bonds is 5. The van der Waals surface area contributed by atoms with Gasteiger partial charge in [0.25, 0.3) is 0 Å². The summed E-state index contributed by atoms with van der Waals surface area (Å²) in [6.07, 6.45) is 3.66. The van der Waals surface area contributed by atoms with E-state index in [4.69, 9.17) is 11.6 Å². The molecule has 10 heavy (non-hydrogen) atoms. The maximum absolute atomic E-state index is 5.60. The summed E-state index contributed by atoms with van der Waals surface area (Å²) < 4.78 is 0. The molecule has 0 atom stereocenters. The van der Waals surface area contributed by atoms with Crippen molar-refractivity contribution >= 4 is 23.4 Å². The van der Waals surface area contributed by atoms with Gasteiger partial charge in [0.2, 0.25) is 0 Å². The Morgan fingerprint density at radius 1 is 1.50 bits per heavy atom. The largest absolute Gasteiger partial charge is 0.130 e. The van der Waals surface area contributed by atoms with Gasteiger partial charge < -0.3 is 0 Å². The number of allylic oxidation sites excluding steroid dienone is 1. The molecule has 2 heteroatoms. The van der Waals surface area contributed by atoms with E-state index < -0.39 is 0 Å². The van der Waals surface area contributed by atoms with E-state index in [2.05, 4.69) is 13.8 Å². The Morgan fingerprint density at radius 3 is 2.60 bits per heavy atom. The zero-order valence-corrected chi connectivity index (χ0v) is 8.26. The van der Waals surface area contributed by atoms with Gasteiger partial charge in [0.1, 0.15) is 0 Å². The lowest BCUT2D eigenvalue weighted by Crippen LogP contribution is -1.77. The first-order valence-electron chi connectivity index (χ1n) is 3.77. The van der Waals surface area contributed by atoms with E-state index in [1.165, 1.54) is 17.7 Å². The SMILES string of the molecule is CCCCC(=CCl)SCC. The first-order chi connectivity index (χ1) is 4.85. The fraction of sp³-hybridized carbons (Fsp3) is 0.750. The second-order valence-corrected chi connectivity index (χ2v) is 3.72. The summed E-state index contributed by atoms with van der Waals surface area (Å²) in [6.45, 7) is 4.35. The Balaban J connectivity index is 3.41. The van der Waals surface area contributed by atoms with Crippen LogP contribution < -0.4 is 0 Å². The normalized spacial score (nSPS) is 12.1. The van der Waals surface area contributed by atoms with Crippen molar-refractivity contribution in [3.05, 3.63) is 10.4 Å². The van der Waals surface area contributed by atoms with Gasteiger partial charge in [-0.05, 0) is 23.5 Å². The third-order valence-corrected chi connectivity index (χ3v) is 2.60. The summed E-state index contributed by atoms with van der Waals surface area (Å²) >= 11 is 7.44. The summed E-state index contributed by atoms with van der Waals surface area (Å²) in [5, 5.41) is 0. The third kappa shape index (κ3) is 5.19. The molecule has 60 valence electrons. The zero-order chi connectivity index (χ0) is 7.82. The van der Waals surface area contributed by atoms with Gasteiger partial charge >= 0.3 is 0 Å². The molecule has 0 rings (SSSR count). The van der Waals surface area contributed by atoms with E-state index in [-0.39, 0.29) is 0 Å². The molecular formula is C8H15ClS. The summed E-state index contributed by atoms with van der Waals surface area (Å²) in [5.41, 5.74) is 1.71. The number of hydrogen-bond acceptors (Lipinski definition) is 1. The number of thioether (sulfide) groups is 1. The minimum atomic E-state index is 1.13. The molecule has 0 fully saturated rings. The highest BCUT2D eigenvalue weighted by Gasteiger charge is 1.93. The van der Waals surface area contributed by atoms with Crippen LogP contribution in [0.15, 0.2) is 10.4 Å². The lowest BCUT2D eigenvalue weighted by molar-refractivity contribution is 0.809. The van der Waals surface area contributed by atoms with Crippen LogP contribution in [0.1, 0.15) is 33.1 Å². The molecular weight excluding hydrogens is 164 g/mol. The molecule has 0 heterocycles. The average Bonchev–Trinajstić information content (AvgIpc) is 1.98. The lowest BCUT2D eigenvalue weighted by Gasteiger charge is -2.01. The van der Waals surface area contributed by atoms with Crippen molar-refractivity contribution < 1.29 is 0 Å². The van der Waals surface area contributed by atoms with E-state index in [1.54, 1.807) is 5.54 Å². The first-order valence-corrected chi connectivity index (χ1v) is 5.19. The highest BCUT2D eigenvalue weighted by Crippen LogP contribution is 2.21.